The van der Waals surface area contributed by atoms with Gasteiger partial charge in [0.1, 0.15) is 0 Å². The van der Waals surface area contributed by atoms with Crippen molar-refractivity contribution in [1.82, 2.24) is 4.72 Å². The minimum absolute atomic E-state index is 0.132. The topological polar surface area (TPSA) is 46.2 Å². The third kappa shape index (κ3) is 6.62. The molecule has 1 unspecified atom stereocenters. The Morgan fingerprint density at radius 2 is 1.86 bits per heavy atom. The van der Waals surface area contributed by atoms with Gasteiger partial charge in [0.05, 0.1) is 5.75 Å². The molecule has 0 aromatic rings. The lowest BCUT2D eigenvalue weighted by molar-refractivity contribution is 0.454. The zero-order chi connectivity index (χ0) is 11.4. The number of hydrogen-bond donors (Lipinski definition) is 1. The Kier molecular flexibility index (Phi) is 5.41. The second-order valence-electron chi connectivity index (χ2n) is 4.70. The molecule has 1 N–H and O–H groups in total. The number of alkyl halides is 1. The van der Waals surface area contributed by atoms with E-state index in [0.29, 0.717) is 12.3 Å². The fourth-order valence-corrected chi connectivity index (χ4v) is 3.46. The van der Waals surface area contributed by atoms with E-state index in [1.807, 2.05) is 27.7 Å². The van der Waals surface area contributed by atoms with Gasteiger partial charge in [0.2, 0.25) is 10.0 Å². The molecule has 0 aliphatic heterocycles. The normalized spacial score (nSPS) is 15.5. The first-order chi connectivity index (χ1) is 6.20. The van der Waals surface area contributed by atoms with Crippen LogP contribution in [0.25, 0.3) is 0 Å². The van der Waals surface area contributed by atoms with Crippen molar-refractivity contribution in [2.45, 2.75) is 40.2 Å². The van der Waals surface area contributed by atoms with Gasteiger partial charge >= 0.3 is 0 Å². The first-order valence-electron chi connectivity index (χ1n) is 4.76. The second kappa shape index (κ2) is 5.33. The number of sulfonamides is 1. The van der Waals surface area contributed by atoms with Crippen LogP contribution in [0.4, 0.5) is 0 Å². The zero-order valence-corrected chi connectivity index (χ0v) is 10.9. The van der Waals surface area contributed by atoms with Crippen molar-refractivity contribution in [2.75, 3.05) is 11.6 Å². The van der Waals surface area contributed by atoms with Crippen molar-refractivity contribution in [3.05, 3.63) is 0 Å². The molecule has 0 aliphatic carbocycles. The molecule has 0 bridgehead atoms. The van der Waals surface area contributed by atoms with Gasteiger partial charge in [0.15, 0.2) is 0 Å². The maximum atomic E-state index is 11.6. The fraction of sp³-hybridized carbons (Fsp3) is 1.00. The number of halogens is 1. The van der Waals surface area contributed by atoms with Crippen molar-refractivity contribution in [1.29, 1.82) is 0 Å². The molecule has 0 amide bonds. The van der Waals surface area contributed by atoms with Gasteiger partial charge in [-0.15, -0.1) is 11.6 Å². The molecule has 3 nitrogen and oxygen atoms in total. The van der Waals surface area contributed by atoms with Crippen LogP contribution in [0.3, 0.4) is 0 Å². The van der Waals surface area contributed by atoms with Crippen LogP contribution >= 0.6 is 11.6 Å². The van der Waals surface area contributed by atoms with E-state index in [4.69, 9.17) is 11.6 Å². The van der Waals surface area contributed by atoms with E-state index >= 15 is 0 Å². The Balaban J connectivity index is 4.35. The molecule has 0 fully saturated rings. The van der Waals surface area contributed by atoms with Gasteiger partial charge < -0.3 is 0 Å². The smallest absolute Gasteiger partial charge is 0.212 e. The molecule has 0 saturated heterocycles. The molecule has 14 heavy (non-hydrogen) atoms. The van der Waals surface area contributed by atoms with Crippen LogP contribution < -0.4 is 4.72 Å². The third-order valence-electron chi connectivity index (χ3n) is 1.65. The molecule has 86 valence electrons. The average molecular weight is 242 g/mol. The van der Waals surface area contributed by atoms with Gasteiger partial charge in [0, 0.05) is 11.9 Å². The van der Waals surface area contributed by atoms with Gasteiger partial charge in [-0.3, -0.25) is 0 Å². The SMILES string of the molecule is CCC(CCl)NS(=O)(=O)CC(C)(C)C. The van der Waals surface area contributed by atoms with Gasteiger partial charge in [-0.2, -0.15) is 0 Å². The Bertz CT molecular complexity index is 252. The summed E-state index contributed by atoms with van der Waals surface area (Å²) in [4.78, 5) is 0. The van der Waals surface area contributed by atoms with Gasteiger partial charge in [-0.25, -0.2) is 13.1 Å². The van der Waals surface area contributed by atoms with Crippen molar-refractivity contribution >= 4 is 21.6 Å². The van der Waals surface area contributed by atoms with E-state index in [1.165, 1.54) is 0 Å². The van der Waals surface area contributed by atoms with E-state index in [1.54, 1.807) is 0 Å². The Morgan fingerprint density at radius 1 is 1.36 bits per heavy atom. The Labute approximate surface area is 92.3 Å². The van der Waals surface area contributed by atoms with Crippen molar-refractivity contribution < 1.29 is 8.42 Å². The van der Waals surface area contributed by atoms with Crippen LogP contribution in [0.15, 0.2) is 0 Å². The zero-order valence-electron chi connectivity index (χ0n) is 9.30. The predicted molar refractivity (Wildman–Crippen MR) is 61.2 cm³/mol. The summed E-state index contributed by atoms with van der Waals surface area (Å²) in [6, 6.07) is -0.149. The second-order valence-corrected chi connectivity index (χ2v) is 6.76. The maximum Gasteiger partial charge on any atom is 0.212 e. The molecule has 0 aromatic carbocycles. The molecule has 0 saturated carbocycles. The van der Waals surface area contributed by atoms with Crippen LogP contribution in [0.2, 0.25) is 0 Å². The summed E-state index contributed by atoms with van der Waals surface area (Å²) in [5, 5.41) is 0. The van der Waals surface area contributed by atoms with Crippen LogP contribution in [0, 0.1) is 5.41 Å². The molecule has 0 spiro atoms. The molecule has 0 radical (unpaired) electrons. The Hall–Kier alpha value is 0.200. The maximum absolute atomic E-state index is 11.6. The summed E-state index contributed by atoms with van der Waals surface area (Å²) in [5.74, 6) is 0.452. The van der Waals surface area contributed by atoms with E-state index in [9.17, 15) is 8.42 Å². The summed E-state index contributed by atoms with van der Waals surface area (Å²) in [6.45, 7) is 7.60. The number of rotatable bonds is 5. The molecule has 1 atom stereocenters. The van der Waals surface area contributed by atoms with Gasteiger partial charge in [-0.1, -0.05) is 27.7 Å². The minimum Gasteiger partial charge on any atom is -0.212 e. The highest BCUT2D eigenvalue weighted by molar-refractivity contribution is 7.89. The lowest BCUT2D eigenvalue weighted by atomic mass is 10.0. The highest BCUT2D eigenvalue weighted by Crippen LogP contribution is 2.15. The number of nitrogens with one attached hydrogen (secondary N) is 1. The molecule has 0 heterocycles. The van der Waals surface area contributed by atoms with Crippen LogP contribution in [0.5, 0.6) is 0 Å². The first-order valence-corrected chi connectivity index (χ1v) is 6.95. The quantitative estimate of drug-likeness (QED) is 0.749. The summed E-state index contributed by atoms with van der Waals surface area (Å²) < 4.78 is 25.8. The van der Waals surface area contributed by atoms with Crippen molar-refractivity contribution in [3.8, 4) is 0 Å². The third-order valence-corrected chi connectivity index (χ3v) is 3.96. The van der Waals surface area contributed by atoms with Crippen LogP contribution in [-0.4, -0.2) is 26.1 Å². The highest BCUT2D eigenvalue weighted by Gasteiger charge is 2.23. The lowest BCUT2D eigenvalue weighted by Gasteiger charge is -2.21. The van der Waals surface area contributed by atoms with Gasteiger partial charge in [-0.05, 0) is 11.8 Å². The number of hydrogen-bond acceptors (Lipinski definition) is 2. The highest BCUT2D eigenvalue weighted by atomic mass is 35.5. The first kappa shape index (κ1) is 14.2. The van der Waals surface area contributed by atoms with Crippen molar-refractivity contribution in [2.24, 2.45) is 5.41 Å². The van der Waals surface area contributed by atoms with Crippen LogP contribution in [-0.2, 0) is 10.0 Å². The van der Waals surface area contributed by atoms with E-state index in [2.05, 4.69) is 4.72 Å². The molecular formula is C9H20ClNO2S. The van der Waals surface area contributed by atoms with E-state index < -0.39 is 10.0 Å². The summed E-state index contributed by atoms with van der Waals surface area (Å²) in [7, 11) is -3.20. The monoisotopic (exact) mass is 241 g/mol. The average Bonchev–Trinajstić information content (AvgIpc) is 1.95. The molecule has 0 rings (SSSR count). The predicted octanol–water partition coefficient (Wildman–Crippen LogP) is 1.97. The fourth-order valence-electron chi connectivity index (χ4n) is 1.09. The summed E-state index contributed by atoms with van der Waals surface area (Å²) in [5.41, 5.74) is -0.226. The largest absolute Gasteiger partial charge is 0.212 e. The standard InChI is InChI=1S/C9H20ClNO2S/c1-5-8(6-10)11-14(12,13)7-9(2,3)4/h8,11H,5-7H2,1-4H3. The van der Waals surface area contributed by atoms with E-state index in [-0.39, 0.29) is 17.2 Å². The minimum atomic E-state index is -3.20. The Morgan fingerprint density at radius 3 is 2.14 bits per heavy atom. The molecular weight excluding hydrogens is 222 g/mol. The van der Waals surface area contributed by atoms with E-state index in [0.717, 1.165) is 0 Å². The molecule has 0 aromatic heterocycles. The van der Waals surface area contributed by atoms with Crippen molar-refractivity contribution in [3.63, 3.8) is 0 Å². The molecule has 0 aliphatic rings. The lowest BCUT2D eigenvalue weighted by Crippen LogP contribution is -2.40. The summed E-state index contributed by atoms with van der Waals surface area (Å²) in [6.07, 6.45) is 0.715. The molecule has 5 heteroatoms. The van der Waals surface area contributed by atoms with Crippen LogP contribution in [0.1, 0.15) is 34.1 Å². The van der Waals surface area contributed by atoms with Gasteiger partial charge in [0.25, 0.3) is 0 Å². The summed E-state index contributed by atoms with van der Waals surface area (Å²) >= 11 is 5.62.